The molecule has 8 nitrogen and oxygen atoms in total. The van der Waals surface area contributed by atoms with Gasteiger partial charge in [0.15, 0.2) is 5.75 Å². The summed E-state index contributed by atoms with van der Waals surface area (Å²) in [7, 11) is 1.45. The van der Waals surface area contributed by atoms with Crippen LogP contribution in [0, 0.1) is 10.1 Å². The lowest BCUT2D eigenvalue weighted by molar-refractivity contribution is -0.384. The van der Waals surface area contributed by atoms with Crippen LogP contribution < -0.4 is 14.5 Å². The molecule has 0 bridgehead atoms. The highest BCUT2D eigenvalue weighted by Crippen LogP contribution is 2.37. The lowest BCUT2D eigenvalue weighted by Gasteiger charge is -2.30. The number of benzene rings is 2. The summed E-state index contributed by atoms with van der Waals surface area (Å²) in [5.74, 6) is 1.07. The molecule has 1 amide bonds. The Morgan fingerprint density at radius 2 is 1.77 bits per heavy atom. The van der Waals surface area contributed by atoms with E-state index < -0.39 is 16.6 Å². The largest absolute Gasteiger partial charge is 0.455 e. The van der Waals surface area contributed by atoms with Gasteiger partial charge in [0, 0.05) is 32.3 Å². The standard InChI is InChI=1S/C23H29N3O5/c1-23(2,3)31-22(27)24(4)20-16-17(12-13-18(20)26(28)29)30-21-11-7-6-10-19(21)25-14-8-5-9-15-25/h6-7,10-13,16H,5,8-9,14-15H2,1-4H3. The summed E-state index contributed by atoms with van der Waals surface area (Å²) in [6.45, 7) is 7.15. The first-order valence-corrected chi connectivity index (χ1v) is 10.4. The number of hydrogen-bond donors (Lipinski definition) is 0. The van der Waals surface area contributed by atoms with Crippen molar-refractivity contribution in [1.82, 2.24) is 0 Å². The second-order valence-electron chi connectivity index (χ2n) is 8.56. The molecule has 166 valence electrons. The molecule has 1 fully saturated rings. The van der Waals surface area contributed by atoms with Gasteiger partial charge in [0.05, 0.1) is 10.6 Å². The molecular formula is C23H29N3O5. The lowest BCUT2D eigenvalue weighted by atomic mass is 10.1. The normalized spacial score (nSPS) is 14.1. The van der Waals surface area contributed by atoms with Crippen LogP contribution in [0.3, 0.4) is 0 Å². The zero-order valence-corrected chi connectivity index (χ0v) is 18.5. The number of nitrogens with zero attached hydrogens (tertiary/aromatic N) is 3. The van der Waals surface area contributed by atoms with Crippen LogP contribution in [0.5, 0.6) is 11.5 Å². The Kier molecular flexibility index (Phi) is 6.68. The van der Waals surface area contributed by atoms with Gasteiger partial charge in [-0.3, -0.25) is 15.0 Å². The molecule has 0 spiro atoms. The molecule has 0 aliphatic carbocycles. The molecule has 2 aromatic rings. The molecule has 2 aromatic carbocycles. The van der Waals surface area contributed by atoms with Crippen LogP contribution in [0.1, 0.15) is 40.0 Å². The molecule has 1 saturated heterocycles. The van der Waals surface area contributed by atoms with Crippen molar-refractivity contribution in [2.24, 2.45) is 0 Å². The molecule has 1 heterocycles. The number of nitro groups is 1. The van der Waals surface area contributed by atoms with Gasteiger partial charge in [-0.25, -0.2) is 4.79 Å². The molecule has 3 rings (SSSR count). The summed E-state index contributed by atoms with van der Waals surface area (Å²) in [6, 6.07) is 12.1. The average Bonchev–Trinajstić information content (AvgIpc) is 2.73. The Morgan fingerprint density at radius 1 is 1.10 bits per heavy atom. The van der Waals surface area contributed by atoms with Crippen LogP contribution in [-0.2, 0) is 4.74 Å². The molecule has 0 saturated carbocycles. The van der Waals surface area contributed by atoms with Gasteiger partial charge in [-0.05, 0) is 58.2 Å². The Morgan fingerprint density at radius 3 is 2.42 bits per heavy atom. The quantitative estimate of drug-likeness (QED) is 0.446. The fraction of sp³-hybridized carbons (Fsp3) is 0.435. The molecular weight excluding hydrogens is 398 g/mol. The number of para-hydroxylation sites is 2. The highest BCUT2D eigenvalue weighted by molar-refractivity contribution is 5.90. The number of anilines is 2. The van der Waals surface area contributed by atoms with Crippen molar-refractivity contribution in [3.63, 3.8) is 0 Å². The van der Waals surface area contributed by atoms with Gasteiger partial charge >= 0.3 is 6.09 Å². The number of ether oxygens (including phenoxy) is 2. The van der Waals surface area contributed by atoms with Gasteiger partial charge in [-0.15, -0.1) is 0 Å². The SMILES string of the molecule is CN(C(=O)OC(C)(C)C)c1cc(Oc2ccccc2N2CCCCC2)ccc1[N+](=O)[O-]. The Bertz CT molecular complexity index is 948. The van der Waals surface area contributed by atoms with Crippen LogP contribution in [0.15, 0.2) is 42.5 Å². The van der Waals surface area contributed by atoms with Gasteiger partial charge in [0.1, 0.15) is 17.0 Å². The third-order valence-electron chi connectivity index (χ3n) is 4.96. The van der Waals surface area contributed by atoms with Gasteiger partial charge < -0.3 is 14.4 Å². The first-order valence-electron chi connectivity index (χ1n) is 10.4. The third kappa shape index (κ3) is 5.65. The first kappa shape index (κ1) is 22.4. The van der Waals surface area contributed by atoms with E-state index in [4.69, 9.17) is 9.47 Å². The number of hydrogen-bond acceptors (Lipinski definition) is 6. The number of nitro benzene ring substituents is 1. The average molecular weight is 428 g/mol. The molecule has 0 N–H and O–H groups in total. The van der Waals surface area contributed by atoms with E-state index in [9.17, 15) is 14.9 Å². The monoisotopic (exact) mass is 427 g/mol. The molecule has 1 aliphatic rings. The fourth-order valence-electron chi connectivity index (χ4n) is 3.49. The van der Waals surface area contributed by atoms with Crippen molar-refractivity contribution >= 4 is 23.2 Å². The van der Waals surface area contributed by atoms with E-state index in [0.717, 1.165) is 36.5 Å². The molecule has 0 aromatic heterocycles. The Hall–Kier alpha value is -3.29. The summed E-state index contributed by atoms with van der Waals surface area (Å²) in [5, 5.41) is 11.5. The maximum atomic E-state index is 12.5. The maximum absolute atomic E-state index is 12.5. The lowest BCUT2D eigenvalue weighted by Crippen LogP contribution is -2.34. The van der Waals surface area contributed by atoms with Crippen LogP contribution >= 0.6 is 0 Å². The van der Waals surface area contributed by atoms with Gasteiger partial charge in [0.2, 0.25) is 0 Å². The fourth-order valence-corrected chi connectivity index (χ4v) is 3.49. The minimum atomic E-state index is -0.721. The topological polar surface area (TPSA) is 85.2 Å². The molecule has 0 atom stereocenters. The van der Waals surface area contributed by atoms with E-state index in [1.54, 1.807) is 20.8 Å². The summed E-state index contributed by atoms with van der Waals surface area (Å²) in [5.41, 5.74) is 0.168. The number of rotatable bonds is 5. The van der Waals surface area contributed by atoms with E-state index in [-0.39, 0.29) is 11.4 Å². The summed E-state index contributed by atoms with van der Waals surface area (Å²) < 4.78 is 11.5. The Labute approximate surface area is 182 Å². The van der Waals surface area contributed by atoms with E-state index in [0.29, 0.717) is 11.5 Å². The number of carbonyl (C=O) groups excluding carboxylic acids is 1. The van der Waals surface area contributed by atoms with Crippen LogP contribution in [0.2, 0.25) is 0 Å². The minimum Gasteiger partial charge on any atom is -0.455 e. The van der Waals surface area contributed by atoms with Gasteiger partial charge in [-0.1, -0.05) is 12.1 Å². The number of piperidine rings is 1. The molecule has 0 unspecified atom stereocenters. The molecule has 1 aliphatic heterocycles. The highest BCUT2D eigenvalue weighted by Gasteiger charge is 2.27. The summed E-state index contributed by atoms with van der Waals surface area (Å²) >= 11 is 0. The zero-order valence-electron chi connectivity index (χ0n) is 18.5. The molecule has 31 heavy (non-hydrogen) atoms. The number of amides is 1. The van der Waals surface area contributed by atoms with Crippen molar-refractivity contribution in [1.29, 1.82) is 0 Å². The van der Waals surface area contributed by atoms with Gasteiger partial charge in [0.25, 0.3) is 5.69 Å². The summed E-state index contributed by atoms with van der Waals surface area (Å²) in [4.78, 5) is 26.9. The first-order chi connectivity index (χ1) is 14.7. The minimum absolute atomic E-state index is 0.104. The predicted octanol–water partition coefficient (Wildman–Crippen LogP) is 5.75. The van der Waals surface area contributed by atoms with Gasteiger partial charge in [-0.2, -0.15) is 0 Å². The highest BCUT2D eigenvalue weighted by atomic mass is 16.6. The van der Waals surface area contributed by atoms with Crippen molar-refractivity contribution in [3.05, 3.63) is 52.6 Å². The second kappa shape index (κ2) is 9.24. The van der Waals surface area contributed by atoms with Crippen molar-refractivity contribution < 1.29 is 19.2 Å². The van der Waals surface area contributed by atoms with Crippen LogP contribution in [0.25, 0.3) is 0 Å². The molecule has 8 heteroatoms. The smallest absolute Gasteiger partial charge is 0.414 e. The van der Waals surface area contributed by atoms with E-state index in [2.05, 4.69) is 4.90 Å². The summed E-state index contributed by atoms with van der Waals surface area (Å²) in [6.07, 6.45) is 2.82. The van der Waals surface area contributed by atoms with Crippen molar-refractivity contribution in [3.8, 4) is 11.5 Å². The van der Waals surface area contributed by atoms with E-state index >= 15 is 0 Å². The Balaban J connectivity index is 1.91. The van der Waals surface area contributed by atoms with Crippen LogP contribution in [0.4, 0.5) is 21.9 Å². The molecule has 0 radical (unpaired) electrons. The second-order valence-corrected chi connectivity index (χ2v) is 8.56. The predicted molar refractivity (Wildman–Crippen MR) is 120 cm³/mol. The van der Waals surface area contributed by atoms with Crippen LogP contribution in [-0.4, -0.2) is 36.8 Å². The third-order valence-corrected chi connectivity index (χ3v) is 4.96. The number of carbonyl (C=O) groups is 1. The zero-order chi connectivity index (χ0) is 22.6. The van der Waals surface area contributed by atoms with E-state index in [1.807, 2.05) is 24.3 Å². The van der Waals surface area contributed by atoms with Crippen molar-refractivity contribution in [2.75, 3.05) is 29.9 Å². The van der Waals surface area contributed by atoms with E-state index in [1.165, 1.54) is 31.7 Å². The van der Waals surface area contributed by atoms with Crippen molar-refractivity contribution in [2.45, 2.75) is 45.6 Å². The maximum Gasteiger partial charge on any atom is 0.414 e.